The van der Waals surface area contributed by atoms with Crippen molar-refractivity contribution in [2.45, 2.75) is 40.0 Å². The van der Waals surface area contributed by atoms with Crippen LogP contribution in [0.2, 0.25) is 0 Å². The minimum atomic E-state index is -0.325. The molecule has 2 rings (SSSR count). The largest absolute Gasteiger partial charge is 0.478 e. The maximum absolute atomic E-state index is 12.6. The highest BCUT2D eigenvalue weighted by Crippen LogP contribution is 2.23. The van der Waals surface area contributed by atoms with Crippen molar-refractivity contribution in [3.8, 4) is 5.88 Å². The average Bonchev–Trinajstić information content (AvgIpc) is 2.68. The summed E-state index contributed by atoms with van der Waals surface area (Å²) in [6.07, 6.45) is 3.24. The SMILES string of the molecule is CCCCCOc1cc(C(=O)OCCN(CC)CC)c2ccccc2n1. The number of esters is 1. The number of aromatic nitrogens is 1. The molecule has 5 heteroatoms. The van der Waals surface area contributed by atoms with Crippen LogP contribution in [0.4, 0.5) is 0 Å². The van der Waals surface area contributed by atoms with Gasteiger partial charge in [-0.3, -0.25) is 0 Å². The third-order valence-electron chi connectivity index (χ3n) is 4.45. The molecule has 1 heterocycles. The van der Waals surface area contributed by atoms with Crippen LogP contribution in [0.25, 0.3) is 10.9 Å². The number of para-hydroxylation sites is 1. The lowest BCUT2D eigenvalue weighted by Gasteiger charge is -2.17. The standard InChI is InChI=1S/C21H30N2O3/c1-4-7-10-14-25-20-16-18(17-11-8-9-12-19(17)22-20)21(24)26-15-13-23(5-2)6-3/h8-9,11-12,16H,4-7,10,13-15H2,1-3H3. The number of unbranched alkanes of at least 4 members (excludes halogenated alkanes) is 2. The topological polar surface area (TPSA) is 51.7 Å². The third-order valence-corrected chi connectivity index (χ3v) is 4.45. The fourth-order valence-electron chi connectivity index (χ4n) is 2.81. The van der Waals surface area contributed by atoms with Gasteiger partial charge in [0.25, 0.3) is 0 Å². The Kier molecular flexibility index (Phi) is 8.35. The summed E-state index contributed by atoms with van der Waals surface area (Å²) in [6, 6.07) is 9.29. The predicted molar refractivity (Wildman–Crippen MR) is 105 cm³/mol. The first kappa shape index (κ1) is 20.2. The van der Waals surface area contributed by atoms with Crippen LogP contribution in [0.15, 0.2) is 30.3 Å². The van der Waals surface area contributed by atoms with Crippen LogP contribution in [0.1, 0.15) is 50.4 Å². The number of fused-ring (bicyclic) bond motifs is 1. The van der Waals surface area contributed by atoms with Crippen LogP contribution >= 0.6 is 0 Å². The highest BCUT2D eigenvalue weighted by molar-refractivity contribution is 6.03. The first-order valence-electron chi connectivity index (χ1n) is 9.61. The molecule has 0 radical (unpaired) electrons. The molecule has 5 nitrogen and oxygen atoms in total. The first-order chi connectivity index (χ1) is 12.7. The molecule has 0 bridgehead atoms. The van der Waals surface area contributed by atoms with Gasteiger partial charge in [-0.1, -0.05) is 51.8 Å². The van der Waals surface area contributed by atoms with Gasteiger partial charge in [0.15, 0.2) is 0 Å². The zero-order chi connectivity index (χ0) is 18.8. The summed E-state index contributed by atoms with van der Waals surface area (Å²) in [7, 11) is 0. The summed E-state index contributed by atoms with van der Waals surface area (Å²) in [6.45, 7) is 9.97. The van der Waals surface area contributed by atoms with Crippen molar-refractivity contribution in [3.05, 3.63) is 35.9 Å². The number of pyridine rings is 1. The highest BCUT2D eigenvalue weighted by atomic mass is 16.5. The molecule has 0 amide bonds. The van der Waals surface area contributed by atoms with Gasteiger partial charge in [0.05, 0.1) is 17.7 Å². The first-order valence-corrected chi connectivity index (χ1v) is 9.61. The van der Waals surface area contributed by atoms with E-state index in [0.717, 1.165) is 49.8 Å². The number of hydrogen-bond acceptors (Lipinski definition) is 5. The second kappa shape index (κ2) is 10.8. The second-order valence-electron chi connectivity index (χ2n) is 6.24. The minimum absolute atomic E-state index is 0.325. The van der Waals surface area contributed by atoms with E-state index < -0.39 is 0 Å². The number of ether oxygens (including phenoxy) is 2. The normalized spacial score (nSPS) is 11.1. The van der Waals surface area contributed by atoms with Crippen molar-refractivity contribution in [1.82, 2.24) is 9.88 Å². The van der Waals surface area contributed by atoms with Gasteiger partial charge in [-0.15, -0.1) is 0 Å². The van der Waals surface area contributed by atoms with Crippen LogP contribution < -0.4 is 4.74 Å². The summed E-state index contributed by atoms with van der Waals surface area (Å²) < 4.78 is 11.3. The van der Waals surface area contributed by atoms with E-state index in [2.05, 4.69) is 30.7 Å². The number of carbonyl (C=O) groups excluding carboxylic acids is 1. The van der Waals surface area contributed by atoms with Gasteiger partial charge in [0, 0.05) is 18.0 Å². The van der Waals surface area contributed by atoms with E-state index in [9.17, 15) is 4.79 Å². The predicted octanol–water partition coefficient (Wildman–Crippen LogP) is 4.30. The lowest BCUT2D eigenvalue weighted by atomic mass is 10.1. The van der Waals surface area contributed by atoms with Gasteiger partial charge in [-0.05, 0) is 25.6 Å². The molecule has 0 atom stereocenters. The number of carbonyl (C=O) groups is 1. The zero-order valence-electron chi connectivity index (χ0n) is 16.2. The number of hydrogen-bond donors (Lipinski definition) is 0. The Hall–Kier alpha value is -2.14. The molecule has 142 valence electrons. The number of rotatable bonds is 11. The average molecular weight is 358 g/mol. The van der Waals surface area contributed by atoms with Gasteiger partial charge in [0.2, 0.25) is 5.88 Å². The monoisotopic (exact) mass is 358 g/mol. The molecule has 0 aliphatic heterocycles. The molecule has 0 aliphatic carbocycles. The molecule has 1 aromatic carbocycles. The maximum atomic E-state index is 12.6. The minimum Gasteiger partial charge on any atom is -0.478 e. The van der Waals surface area contributed by atoms with Gasteiger partial charge < -0.3 is 14.4 Å². The van der Waals surface area contributed by atoms with Gasteiger partial charge >= 0.3 is 5.97 Å². The Morgan fingerprint density at radius 2 is 1.85 bits per heavy atom. The number of nitrogens with zero attached hydrogens (tertiary/aromatic N) is 2. The van der Waals surface area contributed by atoms with Crippen LogP contribution in [0, 0.1) is 0 Å². The fraction of sp³-hybridized carbons (Fsp3) is 0.524. The van der Waals surface area contributed by atoms with E-state index in [1.54, 1.807) is 6.07 Å². The fourth-order valence-corrected chi connectivity index (χ4v) is 2.81. The van der Waals surface area contributed by atoms with Gasteiger partial charge in [-0.2, -0.15) is 0 Å². The van der Waals surface area contributed by atoms with Crippen LogP contribution in [-0.2, 0) is 4.74 Å². The summed E-state index contributed by atoms with van der Waals surface area (Å²) in [5.74, 6) is 0.157. The quantitative estimate of drug-likeness (QED) is 0.443. The molecule has 26 heavy (non-hydrogen) atoms. The molecule has 0 N–H and O–H groups in total. The number of benzene rings is 1. The molecule has 1 aromatic heterocycles. The third kappa shape index (κ3) is 5.70. The van der Waals surface area contributed by atoms with E-state index in [1.165, 1.54) is 0 Å². The van der Waals surface area contributed by atoms with Crippen molar-refractivity contribution in [1.29, 1.82) is 0 Å². The van der Waals surface area contributed by atoms with Crippen molar-refractivity contribution in [3.63, 3.8) is 0 Å². The van der Waals surface area contributed by atoms with Crippen LogP contribution in [-0.4, -0.2) is 48.7 Å². The molecule has 2 aromatic rings. The van der Waals surface area contributed by atoms with Crippen molar-refractivity contribution in [2.24, 2.45) is 0 Å². The lowest BCUT2D eigenvalue weighted by Crippen LogP contribution is -2.28. The highest BCUT2D eigenvalue weighted by Gasteiger charge is 2.15. The van der Waals surface area contributed by atoms with E-state index in [-0.39, 0.29) is 5.97 Å². The van der Waals surface area contributed by atoms with Crippen molar-refractivity contribution in [2.75, 3.05) is 32.8 Å². The van der Waals surface area contributed by atoms with E-state index in [1.807, 2.05) is 24.3 Å². The Balaban J connectivity index is 2.11. The Labute approximate surface area is 156 Å². The lowest BCUT2D eigenvalue weighted by molar-refractivity contribution is 0.0468. The van der Waals surface area contributed by atoms with Gasteiger partial charge in [-0.25, -0.2) is 9.78 Å². The molecule has 0 spiro atoms. The molecule has 0 unspecified atom stereocenters. The summed E-state index contributed by atoms with van der Waals surface area (Å²) >= 11 is 0. The van der Waals surface area contributed by atoms with E-state index >= 15 is 0 Å². The summed E-state index contributed by atoms with van der Waals surface area (Å²) in [5, 5.41) is 0.793. The second-order valence-corrected chi connectivity index (χ2v) is 6.24. The smallest absolute Gasteiger partial charge is 0.339 e. The van der Waals surface area contributed by atoms with Crippen molar-refractivity contribution >= 4 is 16.9 Å². The number of likely N-dealkylation sites (N-methyl/N-ethyl adjacent to an activating group) is 1. The summed E-state index contributed by atoms with van der Waals surface area (Å²) in [4.78, 5) is 19.4. The summed E-state index contributed by atoms with van der Waals surface area (Å²) in [5.41, 5.74) is 1.26. The molecular weight excluding hydrogens is 328 g/mol. The van der Waals surface area contributed by atoms with Crippen molar-refractivity contribution < 1.29 is 14.3 Å². The van der Waals surface area contributed by atoms with Crippen LogP contribution in [0.3, 0.4) is 0 Å². The molecular formula is C21H30N2O3. The molecule has 0 fully saturated rings. The Morgan fingerprint density at radius 1 is 1.08 bits per heavy atom. The maximum Gasteiger partial charge on any atom is 0.339 e. The van der Waals surface area contributed by atoms with E-state index in [4.69, 9.17) is 9.47 Å². The van der Waals surface area contributed by atoms with Gasteiger partial charge in [0.1, 0.15) is 6.61 Å². The molecule has 0 aliphatic rings. The Morgan fingerprint density at radius 3 is 2.58 bits per heavy atom. The molecule has 0 saturated carbocycles. The molecule has 0 saturated heterocycles. The van der Waals surface area contributed by atoms with Crippen LogP contribution in [0.5, 0.6) is 5.88 Å². The Bertz CT molecular complexity index is 699. The van der Waals surface area contributed by atoms with E-state index in [0.29, 0.717) is 24.7 Å². The zero-order valence-corrected chi connectivity index (χ0v) is 16.2.